The van der Waals surface area contributed by atoms with Crippen LogP contribution in [0.2, 0.25) is 0 Å². The fourth-order valence-electron chi connectivity index (χ4n) is 5.61. The summed E-state index contributed by atoms with van der Waals surface area (Å²) in [6.07, 6.45) is -5.55. The Labute approximate surface area is 300 Å². The quantitative estimate of drug-likeness (QED) is 0.0563. The molecule has 1 aliphatic rings. The molecule has 52 heavy (non-hydrogen) atoms. The second kappa shape index (κ2) is 18.9. The molecule has 0 saturated carbocycles. The Hall–Kier alpha value is -5.92. The number of nitrogens with zero attached hydrogens (tertiary/aromatic N) is 3. The van der Waals surface area contributed by atoms with Gasteiger partial charge >= 0.3 is 23.9 Å². The van der Waals surface area contributed by atoms with Crippen molar-refractivity contribution in [2.24, 2.45) is 5.11 Å². The number of amides is 1. The molecule has 15 nitrogen and oxygen atoms in total. The SMILES string of the molecule is CC(=O)OC[C@H]1O[C@@H](Oc2ccc(-c3ccc(C(=O)NCCCN=[N+]=[N-])cc3Cc3ccccc3)cc2)[C@H](OC(C)=O)[C@@H](OC(C)=O)[C@H]1OC(C)=O. The van der Waals surface area contributed by atoms with Gasteiger partial charge in [-0.2, -0.15) is 0 Å². The van der Waals surface area contributed by atoms with Crippen LogP contribution in [0, 0.1) is 0 Å². The van der Waals surface area contributed by atoms with Gasteiger partial charge in [0.15, 0.2) is 12.2 Å². The van der Waals surface area contributed by atoms with Gasteiger partial charge in [0.1, 0.15) is 18.5 Å². The molecule has 0 unspecified atom stereocenters. The van der Waals surface area contributed by atoms with Crippen LogP contribution < -0.4 is 10.1 Å². The third kappa shape index (κ3) is 11.3. The number of rotatable bonds is 15. The summed E-state index contributed by atoms with van der Waals surface area (Å²) in [4.78, 5) is 63.7. The topological polar surface area (TPSA) is 202 Å². The molecule has 0 aromatic heterocycles. The zero-order valence-corrected chi connectivity index (χ0v) is 29.2. The number of hydrogen-bond acceptors (Lipinski definition) is 12. The molecule has 274 valence electrons. The first-order valence-corrected chi connectivity index (χ1v) is 16.5. The number of hydrogen-bond donors (Lipinski definition) is 1. The molecule has 4 rings (SSSR count). The van der Waals surface area contributed by atoms with Crippen LogP contribution >= 0.6 is 0 Å². The van der Waals surface area contributed by atoms with E-state index in [0.717, 1.165) is 43.0 Å². The van der Waals surface area contributed by atoms with Crippen molar-refractivity contribution in [2.75, 3.05) is 19.7 Å². The van der Waals surface area contributed by atoms with Crippen molar-refractivity contribution in [3.05, 3.63) is 99.9 Å². The summed E-state index contributed by atoms with van der Waals surface area (Å²) in [5, 5.41) is 6.34. The van der Waals surface area contributed by atoms with Gasteiger partial charge in [0.05, 0.1) is 0 Å². The molecule has 3 aromatic carbocycles. The molecule has 1 heterocycles. The molecule has 1 aliphatic heterocycles. The molecule has 0 spiro atoms. The average Bonchev–Trinajstić information content (AvgIpc) is 3.10. The minimum absolute atomic E-state index is 0.254. The third-order valence-electron chi connectivity index (χ3n) is 7.75. The molecular weight excluding hydrogens is 676 g/mol. The summed E-state index contributed by atoms with van der Waals surface area (Å²) in [5.74, 6) is -2.84. The first-order valence-electron chi connectivity index (χ1n) is 16.5. The van der Waals surface area contributed by atoms with E-state index < -0.39 is 54.6 Å². The van der Waals surface area contributed by atoms with E-state index in [1.54, 1.807) is 30.3 Å². The minimum atomic E-state index is -1.38. The van der Waals surface area contributed by atoms with Crippen LogP contribution in [0.1, 0.15) is 55.6 Å². The van der Waals surface area contributed by atoms with Gasteiger partial charge in [-0.05, 0) is 64.9 Å². The van der Waals surface area contributed by atoms with Crippen LogP contribution in [-0.2, 0) is 49.3 Å². The summed E-state index contributed by atoms with van der Waals surface area (Å²) in [7, 11) is 0. The van der Waals surface area contributed by atoms with E-state index in [4.69, 9.17) is 34.0 Å². The van der Waals surface area contributed by atoms with Crippen molar-refractivity contribution in [1.82, 2.24) is 5.32 Å². The van der Waals surface area contributed by atoms with E-state index in [0.29, 0.717) is 24.9 Å². The summed E-state index contributed by atoms with van der Waals surface area (Å²) >= 11 is 0. The predicted octanol–water partition coefficient (Wildman–Crippen LogP) is 4.84. The maximum atomic E-state index is 13.0. The first-order chi connectivity index (χ1) is 24.9. The number of benzene rings is 3. The second-order valence-corrected chi connectivity index (χ2v) is 11.8. The third-order valence-corrected chi connectivity index (χ3v) is 7.75. The Morgan fingerprint density at radius 2 is 1.46 bits per heavy atom. The van der Waals surface area contributed by atoms with E-state index in [1.165, 1.54) is 6.92 Å². The second-order valence-electron chi connectivity index (χ2n) is 11.8. The van der Waals surface area contributed by atoms with Crippen LogP contribution in [0.3, 0.4) is 0 Å². The highest BCUT2D eigenvalue weighted by Crippen LogP contribution is 2.33. The molecule has 0 bridgehead atoms. The van der Waals surface area contributed by atoms with Gasteiger partial charge in [0.2, 0.25) is 12.4 Å². The number of carbonyl (C=O) groups is 5. The highest BCUT2D eigenvalue weighted by atomic mass is 16.7. The van der Waals surface area contributed by atoms with Gasteiger partial charge < -0.3 is 33.7 Å². The molecular formula is C37H40N4O11. The van der Waals surface area contributed by atoms with E-state index in [1.807, 2.05) is 42.5 Å². The van der Waals surface area contributed by atoms with Crippen molar-refractivity contribution in [3.8, 4) is 16.9 Å². The Morgan fingerprint density at radius 3 is 2.10 bits per heavy atom. The van der Waals surface area contributed by atoms with E-state index in [9.17, 15) is 24.0 Å². The number of carbonyl (C=O) groups excluding carboxylic acids is 5. The van der Waals surface area contributed by atoms with E-state index in [2.05, 4.69) is 15.3 Å². The lowest BCUT2D eigenvalue weighted by atomic mass is 9.93. The lowest BCUT2D eigenvalue weighted by molar-refractivity contribution is -0.288. The molecule has 1 amide bonds. The minimum Gasteiger partial charge on any atom is -0.463 e. The van der Waals surface area contributed by atoms with Crippen LogP contribution in [0.25, 0.3) is 21.6 Å². The van der Waals surface area contributed by atoms with Crippen LogP contribution in [0.5, 0.6) is 5.75 Å². The maximum absolute atomic E-state index is 13.0. The van der Waals surface area contributed by atoms with Crippen LogP contribution in [-0.4, -0.2) is 80.2 Å². The van der Waals surface area contributed by atoms with Crippen molar-refractivity contribution in [1.29, 1.82) is 0 Å². The Balaban J connectivity index is 1.63. The van der Waals surface area contributed by atoms with Crippen molar-refractivity contribution < 1.29 is 52.4 Å². The van der Waals surface area contributed by atoms with Gasteiger partial charge in [-0.25, -0.2) is 0 Å². The molecule has 0 aliphatic carbocycles. The Kier molecular flexibility index (Phi) is 14.1. The summed E-state index contributed by atoms with van der Waals surface area (Å²) < 4.78 is 33.7. The van der Waals surface area contributed by atoms with Crippen molar-refractivity contribution in [2.45, 2.75) is 71.2 Å². The predicted molar refractivity (Wildman–Crippen MR) is 185 cm³/mol. The number of azide groups is 1. The Bertz CT molecular complexity index is 1780. The summed E-state index contributed by atoms with van der Waals surface area (Å²) in [6.45, 7) is 4.87. The molecule has 1 N–H and O–H groups in total. The van der Waals surface area contributed by atoms with Crippen LogP contribution in [0.4, 0.5) is 0 Å². The molecule has 1 saturated heterocycles. The zero-order valence-electron chi connectivity index (χ0n) is 29.2. The van der Waals surface area contributed by atoms with E-state index in [-0.39, 0.29) is 24.8 Å². The monoisotopic (exact) mass is 716 g/mol. The fourth-order valence-corrected chi connectivity index (χ4v) is 5.61. The number of ether oxygens (including phenoxy) is 6. The van der Waals surface area contributed by atoms with Crippen molar-refractivity contribution in [3.63, 3.8) is 0 Å². The largest absolute Gasteiger partial charge is 0.463 e. The van der Waals surface area contributed by atoms with Gasteiger partial charge in [0.25, 0.3) is 5.91 Å². The average molecular weight is 717 g/mol. The van der Waals surface area contributed by atoms with Gasteiger partial charge in [0, 0.05) is 51.3 Å². The Morgan fingerprint density at radius 1 is 0.808 bits per heavy atom. The van der Waals surface area contributed by atoms with Gasteiger partial charge in [-0.3, -0.25) is 24.0 Å². The lowest BCUT2D eigenvalue weighted by Gasteiger charge is -2.43. The van der Waals surface area contributed by atoms with Crippen LogP contribution in [0.15, 0.2) is 77.9 Å². The van der Waals surface area contributed by atoms with E-state index >= 15 is 0 Å². The molecule has 1 fully saturated rings. The molecule has 3 aromatic rings. The molecule has 0 radical (unpaired) electrons. The highest BCUT2D eigenvalue weighted by molar-refractivity contribution is 5.95. The standard InChI is InChI=1S/C37H40N4O11/c1-22(42)47-21-32-33(48-23(2)43)34(49-24(3)44)35(50-25(4)45)37(52-32)51-30-14-11-27(12-15-30)31-16-13-28(36(46)39-17-8-18-40-41-38)20-29(31)19-26-9-6-5-7-10-26/h5-7,9-16,20,32-35,37H,8,17-19,21H2,1-4H3,(H,39,46)/t32-,33+,34+,35-,37-/m1/s1. The number of nitrogens with one attached hydrogen (secondary N) is 1. The maximum Gasteiger partial charge on any atom is 0.303 e. The highest BCUT2D eigenvalue weighted by Gasteiger charge is 2.53. The van der Waals surface area contributed by atoms with Gasteiger partial charge in [-0.1, -0.05) is 53.6 Å². The van der Waals surface area contributed by atoms with Gasteiger partial charge in [-0.15, -0.1) is 0 Å². The smallest absolute Gasteiger partial charge is 0.303 e. The fraction of sp³-hybridized carbons (Fsp3) is 0.378. The van der Waals surface area contributed by atoms with Crippen molar-refractivity contribution >= 4 is 29.8 Å². The molecule has 5 atom stereocenters. The summed E-state index contributed by atoms with van der Waals surface area (Å²) in [5.41, 5.74) is 12.5. The zero-order chi connectivity index (χ0) is 37.6. The lowest BCUT2D eigenvalue weighted by Crippen LogP contribution is -2.63. The normalized spacial score (nSPS) is 19.3. The summed E-state index contributed by atoms with van der Waals surface area (Å²) in [6, 6.07) is 22.2. The molecule has 15 heteroatoms. The number of esters is 4. The first kappa shape index (κ1) is 38.9.